The van der Waals surface area contributed by atoms with Gasteiger partial charge in [0.25, 0.3) is 0 Å². The van der Waals surface area contributed by atoms with Crippen LogP contribution < -0.4 is 4.74 Å². The minimum absolute atomic E-state index is 0.0303. The number of rotatable bonds is 4. The molecule has 0 spiro atoms. The third-order valence-corrected chi connectivity index (χ3v) is 3.44. The number of benzene rings is 1. The summed E-state index contributed by atoms with van der Waals surface area (Å²) in [6.45, 7) is 4.81. The highest BCUT2D eigenvalue weighted by atomic mass is 35.5. The van der Waals surface area contributed by atoms with Gasteiger partial charge in [0.05, 0.1) is 11.2 Å². The fourth-order valence-electron chi connectivity index (χ4n) is 2.28. The third kappa shape index (κ3) is 2.81. The topological polar surface area (TPSA) is 34.5 Å². The minimum Gasteiger partial charge on any atom is -0.490 e. The molecule has 0 N–H and O–H groups in total. The number of hydrogen-bond acceptors (Lipinski definition) is 3. The maximum absolute atomic E-state index is 11.8. The Bertz CT molecular complexity index is 647. The van der Waals surface area contributed by atoms with E-state index in [-0.39, 0.29) is 5.91 Å². The summed E-state index contributed by atoms with van der Waals surface area (Å²) in [5.41, 5.74) is 1.65. The van der Waals surface area contributed by atoms with Gasteiger partial charge in [0.1, 0.15) is 12.4 Å². The van der Waals surface area contributed by atoms with Gasteiger partial charge in [-0.2, -0.15) is 0 Å². The molecule has 20 heavy (non-hydrogen) atoms. The molecule has 0 aliphatic carbocycles. The first kappa shape index (κ1) is 14.9. The zero-order valence-electron chi connectivity index (χ0n) is 12.2. The molecule has 2 rings (SSSR count). The van der Waals surface area contributed by atoms with E-state index in [0.717, 1.165) is 28.9 Å². The first-order valence-electron chi connectivity index (χ1n) is 6.51. The number of nitrogens with zero attached hydrogens (tertiary/aromatic N) is 2. The fraction of sp³-hybridized carbons (Fsp3) is 0.400. The number of hydrogen-bond donors (Lipinski definition) is 0. The summed E-state index contributed by atoms with van der Waals surface area (Å²) in [7, 11) is 3.98. The van der Waals surface area contributed by atoms with E-state index >= 15 is 0 Å². The first-order valence-corrected chi connectivity index (χ1v) is 6.88. The molecule has 0 fully saturated rings. The molecule has 0 saturated carbocycles. The first-order chi connectivity index (χ1) is 9.41. The molecule has 0 aliphatic rings. The van der Waals surface area contributed by atoms with E-state index in [2.05, 4.69) is 0 Å². The normalized spacial score (nSPS) is 11.3. The summed E-state index contributed by atoms with van der Waals surface area (Å²) in [6, 6.07) is 5.48. The monoisotopic (exact) mass is 294 g/mol. The second-order valence-electron chi connectivity index (χ2n) is 5.08. The lowest BCUT2D eigenvalue weighted by Crippen LogP contribution is -2.19. The van der Waals surface area contributed by atoms with Gasteiger partial charge in [-0.05, 0) is 39.2 Å². The lowest BCUT2D eigenvalue weighted by atomic mass is 10.2. The van der Waals surface area contributed by atoms with Crippen LogP contribution in [0.3, 0.4) is 0 Å². The Morgan fingerprint density at radius 2 is 2.10 bits per heavy atom. The van der Waals surface area contributed by atoms with Gasteiger partial charge in [-0.3, -0.25) is 9.36 Å². The average Bonchev–Trinajstić information content (AvgIpc) is 2.61. The Labute approximate surface area is 123 Å². The zero-order chi connectivity index (χ0) is 14.9. The summed E-state index contributed by atoms with van der Waals surface area (Å²) in [5, 5.41) is 1.51. The van der Waals surface area contributed by atoms with Crippen molar-refractivity contribution in [3.63, 3.8) is 0 Å². The van der Waals surface area contributed by atoms with Gasteiger partial charge in [-0.15, -0.1) is 0 Å². The van der Waals surface area contributed by atoms with Crippen molar-refractivity contribution in [2.45, 2.75) is 13.8 Å². The van der Waals surface area contributed by atoms with E-state index < -0.39 is 0 Å². The van der Waals surface area contributed by atoms with Crippen molar-refractivity contribution in [2.24, 2.45) is 0 Å². The Balaban J connectivity index is 2.49. The van der Waals surface area contributed by atoms with Crippen LogP contribution in [0.4, 0.5) is 0 Å². The lowest BCUT2D eigenvalue weighted by molar-refractivity contribution is 0.0938. The van der Waals surface area contributed by atoms with E-state index in [1.54, 1.807) is 17.6 Å². The lowest BCUT2D eigenvalue weighted by Gasteiger charge is -2.11. The van der Waals surface area contributed by atoms with Crippen LogP contribution in [-0.2, 0) is 0 Å². The number of ether oxygens (including phenoxy) is 1. The molecule has 0 saturated heterocycles. The van der Waals surface area contributed by atoms with Crippen LogP contribution in [0.15, 0.2) is 18.2 Å². The quantitative estimate of drug-likeness (QED) is 0.868. The van der Waals surface area contributed by atoms with E-state index in [1.807, 2.05) is 38.1 Å². The minimum atomic E-state index is -0.0303. The zero-order valence-corrected chi connectivity index (χ0v) is 13.0. The Morgan fingerprint density at radius 1 is 1.40 bits per heavy atom. The van der Waals surface area contributed by atoms with Crippen molar-refractivity contribution in [3.8, 4) is 5.75 Å². The molecular formula is C15H19ClN2O2. The molecular weight excluding hydrogens is 276 g/mol. The van der Waals surface area contributed by atoms with Crippen molar-refractivity contribution in [1.29, 1.82) is 0 Å². The van der Waals surface area contributed by atoms with Crippen molar-refractivity contribution in [3.05, 3.63) is 28.9 Å². The maximum atomic E-state index is 11.8. The van der Waals surface area contributed by atoms with Crippen LogP contribution in [0.2, 0.25) is 5.02 Å². The number of carbonyl (C=O) groups is 1. The van der Waals surface area contributed by atoms with E-state index in [9.17, 15) is 4.79 Å². The number of likely N-dealkylation sites (N-methyl/N-ethyl adjacent to an activating group) is 1. The molecule has 1 aromatic heterocycles. The van der Waals surface area contributed by atoms with Crippen molar-refractivity contribution >= 4 is 28.4 Å². The van der Waals surface area contributed by atoms with E-state index in [0.29, 0.717) is 11.6 Å². The molecule has 0 amide bonds. The molecule has 0 unspecified atom stereocenters. The molecule has 1 heterocycles. The molecule has 2 aromatic rings. The predicted molar refractivity (Wildman–Crippen MR) is 82.0 cm³/mol. The summed E-state index contributed by atoms with van der Waals surface area (Å²) >= 11 is 6.06. The Kier molecular flexibility index (Phi) is 4.35. The van der Waals surface area contributed by atoms with Gasteiger partial charge in [0, 0.05) is 23.9 Å². The van der Waals surface area contributed by atoms with Crippen molar-refractivity contribution in [2.75, 3.05) is 27.2 Å². The van der Waals surface area contributed by atoms with Gasteiger partial charge >= 0.3 is 0 Å². The Morgan fingerprint density at radius 3 is 2.70 bits per heavy atom. The summed E-state index contributed by atoms with van der Waals surface area (Å²) in [6.07, 6.45) is 0. The van der Waals surface area contributed by atoms with Crippen LogP contribution in [0, 0.1) is 6.92 Å². The molecule has 108 valence electrons. The van der Waals surface area contributed by atoms with Crippen LogP contribution >= 0.6 is 11.6 Å². The largest absolute Gasteiger partial charge is 0.490 e. The average molecular weight is 295 g/mol. The highest BCUT2D eigenvalue weighted by Gasteiger charge is 2.18. The summed E-state index contributed by atoms with van der Waals surface area (Å²) in [5.74, 6) is 0.705. The maximum Gasteiger partial charge on any atom is 0.228 e. The molecule has 0 radical (unpaired) electrons. The van der Waals surface area contributed by atoms with Gasteiger partial charge < -0.3 is 9.64 Å². The van der Waals surface area contributed by atoms with E-state index in [4.69, 9.17) is 16.3 Å². The van der Waals surface area contributed by atoms with Crippen LogP contribution in [0.1, 0.15) is 17.4 Å². The van der Waals surface area contributed by atoms with Crippen LogP contribution in [-0.4, -0.2) is 42.6 Å². The number of carbonyl (C=O) groups excluding carboxylic acids is 1. The van der Waals surface area contributed by atoms with Crippen LogP contribution in [0.25, 0.3) is 10.9 Å². The highest BCUT2D eigenvalue weighted by molar-refractivity contribution is 6.31. The summed E-state index contributed by atoms with van der Waals surface area (Å²) < 4.78 is 7.54. The number of aromatic nitrogens is 1. The van der Waals surface area contributed by atoms with Crippen molar-refractivity contribution < 1.29 is 9.53 Å². The van der Waals surface area contributed by atoms with Crippen molar-refractivity contribution in [1.82, 2.24) is 9.47 Å². The molecule has 0 atom stereocenters. The molecule has 1 aromatic carbocycles. The standard InChI is InChI=1S/C15H19ClN2O2/c1-10-15(20-8-7-17(3)4)13-9-12(16)5-6-14(13)18(10)11(2)19/h5-6,9H,7-8H2,1-4H3. The highest BCUT2D eigenvalue weighted by Crippen LogP contribution is 2.34. The second kappa shape index (κ2) is 5.85. The smallest absolute Gasteiger partial charge is 0.228 e. The van der Waals surface area contributed by atoms with E-state index in [1.165, 1.54) is 0 Å². The predicted octanol–water partition coefficient (Wildman–Crippen LogP) is 3.20. The van der Waals surface area contributed by atoms with Gasteiger partial charge in [-0.1, -0.05) is 11.6 Å². The van der Waals surface area contributed by atoms with Gasteiger partial charge in [0.2, 0.25) is 5.91 Å². The second-order valence-corrected chi connectivity index (χ2v) is 5.52. The molecule has 5 heteroatoms. The Hall–Kier alpha value is -1.52. The number of fused-ring (bicyclic) bond motifs is 1. The van der Waals surface area contributed by atoms with Gasteiger partial charge in [-0.25, -0.2) is 0 Å². The third-order valence-electron chi connectivity index (χ3n) is 3.21. The SMILES string of the molecule is CC(=O)n1c(C)c(OCCN(C)C)c2cc(Cl)ccc21. The molecule has 0 bridgehead atoms. The van der Waals surface area contributed by atoms with Gasteiger partial charge in [0.15, 0.2) is 0 Å². The number of halogens is 1. The molecule has 0 aliphatic heterocycles. The van der Waals surface area contributed by atoms with Crippen LogP contribution in [0.5, 0.6) is 5.75 Å². The fourth-order valence-corrected chi connectivity index (χ4v) is 2.45. The molecule has 4 nitrogen and oxygen atoms in total. The summed E-state index contributed by atoms with van der Waals surface area (Å²) in [4.78, 5) is 13.9.